The van der Waals surface area contributed by atoms with Gasteiger partial charge in [-0.15, -0.1) is 0 Å². The molecule has 1 saturated heterocycles. The summed E-state index contributed by atoms with van der Waals surface area (Å²) in [6, 6.07) is -0.358. The van der Waals surface area contributed by atoms with Gasteiger partial charge in [-0.3, -0.25) is 9.59 Å². The predicted octanol–water partition coefficient (Wildman–Crippen LogP) is -2.93. The van der Waals surface area contributed by atoms with Crippen LogP contribution in [0.4, 0.5) is 0 Å². The van der Waals surface area contributed by atoms with Crippen LogP contribution in [-0.2, 0) is 9.59 Å². The molecule has 0 saturated carbocycles. The number of carbonyl (C=O) groups is 2. The minimum Gasteiger partial charge on any atom is -0.394 e. The largest absolute Gasteiger partial charge is 0.394 e. The first-order valence-electron chi connectivity index (χ1n) is 9.14. The molecule has 1 rings (SSSR count). The summed E-state index contributed by atoms with van der Waals surface area (Å²) in [5.41, 5.74) is -1.22. The molecule has 1 aliphatic rings. The number of rotatable bonds is 7. The molecule has 4 unspecified atom stereocenters. The van der Waals surface area contributed by atoms with Gasteiger partial charge >= 0.3 is 11.8 Å². The fraction of sp³-hybridized carbons (Fsp3) is 0.882. The first-order chi connectivity index (χ1) is 12.7. The Bertz CT molecular complexity index is 539. The Balaban J connectivity index is 2.56. The van der Waals surface area contributed by atoms with E-state index in [1.165, 1.54) is 5.06 Å². The van der Waals surface area contributed by atoms with E-state index in [9.17, 15) is 35.2 Å². The molecule has 164 valence electrons. The molecule has 11 heteroatoms. The van der Waals surface area contributed by atoms with Crippen LogP contribution < -0.4 is 10.6 Å². The Morgan fingerprint density at radius 2 is 1.43 bits per heavy atom. The number of aliphatic hydroxyl groups excluding tert-OH is 5. The molecule has 0 bridgehead atoms. The summed E-state index contributed by atoms with van der Waals surface area (Å²) >= 11 is 0. The fourth-order valence-electron chi connectivity index (χ4n) is 3.58. The fourth-order valence-corrected chi connectivity index (χ4v) is 3.58. The Morgan fingerprint density at radius 1 is 0.964 bits per heavy atom. The molecule has 1 fully saturated rings. The molecule has 8 N–H and O–H groups in total. The second-order valence-corrected chi connectivity index (χ2v) is 8.52. The van der Waals surface area contributed by atoms with Gasteiger partial charge in [-0.1, -0.05) is 0 Å². The Kier molecular flexibility index (Phi) is 8.33. The molecule has 2 amide bonds. The van der Waals surface area contributed by atoms with E-state index in [0.717, 1.165) is 0 Å². The Hall–Kier alpha value is -1.34. The number of hydrogen-bond acceptors (Lipinski definition) is 9. The summed E-state index contributed by atoms with van der Waals surface area (Å²) in [4.78, 5) is 24.1. The molecule has 1 heterocycles. The van der Waals surface area contributed by atoms with Gasteiger partial charge in [0.15, 0.2) is 0 Å². The van der Waals surface area contributed by atoms with Crippen molar-refractivity contribution in [2.45, 2.75) is 82.1 Å². The van der Waals surface area contributed by atoms with Gasteiger partial charge in [-0.25, -0.2) is 0 Å². The van der Waals surface area contributed by atoms with Crippen LogP contribution in [-0.4, -0.2) is 102 Å². The monoisotopic (exact) mass is 407 g/mol. The maximum atomic E-state index is 12.1. The van der Waals surface area contributed by atoms with Crippen molar-refractivity contribution >= 4 is 11.8 Å². The molecular formula is C17H33N3O8. The molecule has 0 radical (unpaired) electrons. The SMILES string of the molecule is CC1(C)CC(NC(=O)C(=O)NCC(O)C(O)C(O)C(O)CO)CC(C)(C)N1O. The highest BCUT2D eigenvalue weighted by Gasteiger charge is 2.45. The molecule has 28 heavy (non-hydrogen) atoms. The van der Waals surface area contributed by atoms with Crippen molar-refractivity contribution in [2.24, 2.45) is 0 Å². The maximum absolute atomic E-state index is 12.1. The molecule has 0 aromatic heterocycles. The second-order valence-electron chi connectivity index (χ2n) is 8.52. The quantitative estimate of drug-likeness (QED) is 0.205. The Morgan fingerprint density at radius 3 is 1.89 bits per heavy atom. The van der Waals surface area contributed by atoms with Crippen LogP contribution in [0.15, 0.2) is 0 Å². The van der Waals surface area contributed by atoms with Gasteiger partial charge in [-0.2, -0.15) is 5.06 Å². The van der Waals surface area contributed by atoms with Crippen LogP contribution >= 0.6 is 0 Å². The first-order valence-corrected chi connectivity index (χ1v) is 9.14. The highest BCUT2D eigenvalue weighted by molar-refractivity contribution is 6.35. The predicted molar refractivity (Wildman–Crippen MR) is 97.1 cm³/mol. The van der Waals surface area contributed by atoms with E-state index in [2.05, 4.69) is 10.6 Å². The highest BCUT2D eigenvalue weighted by atomic mass is 16.5. The highest BCUT2D eigenvalue weighted by Crippen LogP contribution is 2.36. The number of piperidine rings is 1. The van der Waals surface area contributed by atoms with Crippen LogP contribution in [0.3, 0.4) is 0 Å². The molecular weight excluding hydrogens is 374 g/mol. The van der Waals surface area contributed by atoms with E-state index in [4.69, 9.17) is 5.11 Å². The maximum Gasteiger partial charge on any atom is 0.309 e. The van der Waals surface area contributed by atoms with Crippen LogP contribution in [0.2, 0.25) is 0 Å². The van der Waals surface area contributed by atoms with Crippen LogP contribution in [0.1, 0.15) is 40.5 Å². The van der Waals surface area contributed by atoms with E-state index < -0.39 is 60.5 Å². The zero-order valence-corrected chi connectivity index (χ0v) is 16.7. The molecule has 1 aliphatic heterocycles. The smallest absolute Gasteiger partial charge is 0.309 e. The average molecular weight is 407 g/mol. The summed E-state index contributed by atoms with van der Waals surface area (Å²) in [5, 5.41) is 63.2. The molecule has 0 aromatic carbocycles. The van der Waals surface area contributed by atoms with Gasteiger partial charge in [-0.05, 0) is 40.5 Å². The van der Waals surface area contributed by atoms with Gasteiger partial charge in [0, 0.05) is 23.7 Å². The van der Waals surface area contributed by atoms with Crippen molar-refractivity contribution < 1.29 is 40.3 Å². The average Bonchev–Trinajstić information content (AvgIpc) is 2.61. The molecule has 4 atom stereocenters. The zero-order chi connectivity index (χ0) is 21.9. The van der Waals surface area contributed by atoms with Gasteiger partial charge in [0.05, 0.1) is 12.7 Å². The minimum absolute atomic E-state index is 0.358. The van der Waals surface area contributed by atoms with Gasteiger partial charge in [0.2, 0.25) is 0 Å². The third kappa shape index (κ3) is 6.08. The molecule has 11 nitrogen and oxygen atoms in total. The summed E-state index contributed by atoms with van der Waals surface area (Å²) in [7, 11) is 0. The number of amides is 2. The van der Waals surface area contributed by atoms with E-state index >= 15 is 0 Å². The normalized spacial score (nSPS) is 24.1. The zero-order valence-electron chi connectivity index (χ0n) is 16.7. The minimum atomic E-state index is -1.83. The van der Waals surface area contributed by atoms with E-state index in [1.807, 2.05) is 27.7 Å². The first kappa shape index (κ1) is 24.7. The van der Waals surface area contributed by atoms with Crippen molar-refractivity contribution in [3.63, 3.8) is 0 Å². The molecule has 0 aromatic rings. The van der Waals surface area contributed by atoms with E-state index in [0.29, 0.717) is 12.8 Å². The van der Waals surface area contributed by atoms with Crippen molar-refractivity contribution in [1.29, 1.82) is 0 Å². The lowest BCUT2D eigenvalue weighted by molar-refractivity contribution is -0.246. The Labute approximate surface area is 163 Å². The van der Waals surface area contributed by atoms with Crippen molar-refractivity contribution in [3.8, 4) is 0 Å². The number of aliphatic hydroxyl groups is 5. The van der Waals surface area contributed by atoms with Crippen LogP contribution in [0.5, 0.6) is 0 Å². The lowest BCUT2D eigenvalue weighted by atomic mass is 9.79. The van der Waals surface area contributed by atoms with Gasteiger partial charge in [0.1, 0.15) is 18.3 Å². The molecule has 0 spiro atoms. The van der Waals surface area contributed by atoms with Gasteiger partial charge < -0.3 is 41.4 Å². The van der Waals surface area contributed by atoms with Crippen LogP contribution in [0.25, 0.3) is 0 Å². The van der Waals surface area contributed by atoms with Crippen molar-refractivity contribution in [3.05, 3.63) is 0 Å². The standard InChI is InChI=1S/C17H33N3O8/c1-16(2)5-9(6-17(3,4)20(16)28)19-15(27)14(26)18-7-10(22)12(24)13(25)11(23)8-21/h9-13,21-25,28H,5-8H2,1-4H3,(H,18,26)(H,19,27). The number of carbonyl (C=O) groups excluding carboxylic acids is 2. The third-order valence-corrected chi connectivity index (χ3v) is 4.98. The summed E-state index contributed by atoms with van der Waals surface area (Å²) < 4.78 is 0. The number of nitrogens with zero attached hydrogens (tertiary/aromatic N) is 1. The lowest BCUT2D eigenvalue weighted by Gasteiger charge is -2.51. The molecule has 0 aliphatic carbocycles. The van der Waals surface area contributed by atoms with Crippen LogP contribution in [0, 0.1) is 0 Å². The number of nitrogens with one attached hydrogen (secondary N) is 2. The van der Waals surface area contributed by atoms with Gasteiger partial charge in [0.25, 0.3) is 0 Å². The van der Waals surface area contributed by atoms with E-state index in [-0.39, 0.29) is 6.04 Å². The van der Waals surface area contributed by atoms with Crippen molar-refractivity contribution in [2.75, 3.05) is 13.2 Å². The summed E-state index contributed by atoms with van der Waals surface area (Å²) in [5.74, 6) is -1.97. The number of hydroxylamine groups is 2. The van der Waals surface area contributed by atoms with E-state index in [1.54, 1.807) is 0 Å². The third-order valence-electron chi connectivity index (χ3n) is 4.98. The topological polar surface area (TPSA) is 183 Å². The summed E-state index contributed by atoms with van der Waals surface area (Å²) in [6.45, 7) is 5.90. The second kappa shape index (κ2) is 9.44. The lowest BCUT2D eigenvalue weighted by Crippen LogP contribution is -2.63. The van der Waals surface area contributed by atoms with Crippen molar-refractivity contribution in [1.82, 2.24) is 15.7 Å². The number of hydrogen-bond donors (Lipinski definition) is 8. The summed E-state index contributed by atoms with van der Waals surface area (Å²) in [6.07, 6.45) is -6.15.